The molecule has 21 heavy (non-hydrogen) atoms. The van der Waals surface area contributed by atoms with E-state index in [0.29, 0.717) is 24.9 Å². The van der Waals surface area contributed by atoms with Crippen LogP contribution < -0.4 is 11.1 Å². The molecule has 1 unspecified atom stereocenters. The van der Waals surface area contributed by atoms with Gasteiger partial charge in [-0.1, -0.05) is 12.1 Å². The van der Waals surface area contributed by atoms with Crippen LogP contribution in [0.2, 0.25) is 0 Å². The highest BCUT2D eigenvalue weighted by molar-refractivity contribution is 5.94. The maximum absolute atomic E-state index is 11.8. The molecule has 0 saturated heterocycles. The number of halogens is 1. The lowest BCUT2D eigenvalue weighted by atomic mass is 10.1. The van der Waals surface area contributed by atoms with Crippen LogP contribution >= 0.6 is 12.4 Å². The van der Waals surface area contributed by atoms with E-state index in [2.05, 4.69) is 5.32 Å². The van der Waals surface area contributed by atoms with Crippen molar-refractivity contribution in [3.8, 4) is 0 Å². The van der Waals surface area contributed by atoms with Gasteiger partial charge in [-0.2, -0.15) is 0 Å². The summed E-state index contributed by atoms with van der Waals surface area (Å²) in [5, 5.41) is 2.82. The third-order valence-corrected chi connectivity index (χ3v) is 2.82. The largest absolute Gasteiger partial charge is 0.356 e. The number of nitrogens with zero attached hydrogens (tertiary/aromatic N) is 1. The Morgan fingerprint density at radius 3 is 2.57 bits per heavy atom. The van der Waals surface area contributed by atoms with E-state index in [0.717, 1.165) is 5.56 Å². The zero-order valence-corrected chi connectivity index (χ0v) is 13.6. The number of nitrogens with one attached hydrogen (secondary N) is 1. The second-order valence-electron chi connectivity index (χ2n) is 5.18. The Morgan fingerprint density at radius 1 is 1.33 bits per heavy atom. The normalized spacial score (nSPS) is 11.2. The van der Waals surface area contributed by atoms with Crippen molar-refractivity contribution in [2.75, 3.05) is 20.6 Å². The Kier molecular flexibility index (Phi) is 8.66. The van der Waals surface area contributed by atoms with E-state index in [9.17, 15) is 9.59 Å². The van der Waals surface area contributed by atoms with E-state index in [1.54, 1.807) is 32.0 Å². The molecule has 2 amide bonds. The fourth-order valence-corrected chi connectivity index (χ4v) is 1.83. The van der Waals surface area contributed by atoms with Crippen LogP contribution in [0.1, 0.15) is 29.3 Å². The Morgan fingerprint density at radius 2 is 2.00 bits per heavy atom. The van der Waals surface area contributed by atoms with Gasteiger partial charge in [0.25, 0.3) is 5.91 Å². The summed E-state index contributed by atoms with van der Waals surface area (Å²) in [5.41, 5.74) is 7.24. The van der Waals surface area contributed by atoms with Gasteiger partial charge >= 0.3 is 0 Å². The number of hydrogen-bond acceptors (Lipinski definition) is 3. The van der Waals surface area contributed by atoms with Gasteiger partial charge in [-0.05, 0) is 31.0 Å². The summed E-state index contributed by atoms with van der Waals surface area (Å²) in [6.07, 6.45) is 1.03. The lowest BCUT2D eigenvalue weighted by Gasteiger charge is -2.11. The van der Waals surface area contributed by atoms with Gasteiger partial charge in [-0.3, -0.25) is 9.59 Å². The first-order valence-corrected chi connectivity index (χ1v) is 6.73. The molecule has 1 rings (SSSR count). The topological polar surface area (TPSA) is 75.4 Å². The van der Waals surface area contributed by atoms with Crippen LogP contribution in [0.5, 0.6) is 0 Å². The summed E-state index contributed by atoms with van der Waals surface area (Å²) < 4.78 is 0. The van der Waals surface area contributed by atoms with Crippen molar-refractivity contribution < 1.29 is 9.59 Å². The zero-order valence-electron chi connectivity index (χ0n) is 12.8. The molecule has 1 atom stereocenters. The minimum absolute atomic E-state index is 0. The van der Waals surface area contributed by atoms with Crippen molar-refractivity contribution in [3.63, 3.8) is 0 Å². The molecular weight excluding hydrogens is 290 g/mol. The number of carbonyl (C=O) groups excluding carboxylic acids is 2. The monoisotopic (exact) mass is 313 g/mol. The Bertz CT molecular complexity index is 476. The Hall–Kier alpha value is -1.59. The minimum atomic E-state index is -0.129. The van der Waals surface area contributed by atoms with Crippen LogP contribution in [0.15, 0.2) is 24.3 Å². The van der Waals surface area contributed by atoms with Crippen LogP contribution in [-0.2, 0) is 11.2 Å². The molecule has 0 heterocycles. The molecule has 1 aromatic carbocycles. The third-order valence-electron chi connectivity index (χ3n) is 2.82. The van der Waals surface area contributed by atoms with E-state index in [-0.39, 0.29) is 30.3 Å². The average Bonchev–Trinajstić information content (AvgIpc) is 2.37. The SMILES string of the molecule is CC(N)CC(=O)NCCc1cccc(C(=O)N(C)C)c1.Cl. The summed E-state index contributed by atoms with van der Waals surface area (Å²) in [6.45, 7) is 2.35. The van der Waals surface area contributed by atoms with Crippen LogP contribution in [-0.4, -0.2) is 43.4 Å². The summed E-state index contributed by atoms with van der Waals surface area (Å²) in [6, 6.07) is 7.33. The van der Waals surface area contributed by atoms with Gasteiger partial charge in [-0.15, -0.1) is 12.4 Å². The number of amides is 2. The molecule has 5 nitrogen and oxygen atoms in total. The molecule has 0 radical (unpaired) electrons. The molecule has 0 spiro atoms. The summed E-state index contributed by atoms with van der Waals surface area (Å²) in [4.78, 5) is 24.8. The molecule has 0 aliphatic heterocycles. The fourth-order valence-electron chi connectivity index (χ4n) is 1.83. The highest BCUT2D eigenvalue weighted by atomic mass is 35.5. The van der Waals surface area contributed by atoms with E-state index in [4.69, 9.17) is 5.73 Å². The summed E-state index contributed by atoms with van der Waals surface area (Å²) in [7, 11) is 3.45. The van der Waals surface area contributed by atoms with Crippen LogP contribution in [0.4, 0.5) is 0 Å². The maximum atomic E-state index is 11.8. The fraction of sp³-hybridized carbons (Fsp3) is 0.467. The van der Waals surface area contributed by atoms with Crippen molar-refractivity contribution in [1.29, 1.82) is 0 Å². The highest BCUT2D eigenvalue weighted by Gasteiger charge is 2.08. The molecule has 0 aromatic heterocycles. The molecule has 3 N–H and O–H groups in total. The number of rotatable bonds is 6. The lowest BCUT2D eigenvalue weighted by molar-refractivity contribution is -0.121. The first-order chi connectivity index (χ1) is 9.40. The zero-order chi connectivity index (χ0) is 15.1. The molecule has 0 bridgehead atoms. The molecular formula is C15H24ClN3O2. The maximum Gasteiger partial charge on any atom is 0.253 e. The minimum Gasteiger partial charge on any atom is -0.356 e. The third kappa shape index (κ3) is 7.11. The quantitative estimate of drug-likeness (QED) is 0.829. The van der Waals surface area contributed by atoms with Crippen LogP contribution in [0.25, 0.3) is 0 Å². The Balaban J connectivity index is 0.00000400. The first-order valence-electron chi connectivity index (χ1n) is 6.73. The molecule has 0 aliphatic rings. The lowest BCUT2D eigenvalue weighted by Crippen LogP contribution is -2.31. The van der Waals surface area contributed by atoms with Crippen molar-refractivity contribution in [2.24, 2.45) is 5.73 Å². The predicted molar refractivity (Wildman–Crippen MR) is 86.7 cm³/mol. The second-order valence-corrected chi connectivity index (χ2v) is 5.18. The molecule has 0 saturated carbocycles. The van der Waals surface area contributed by atoms with E-state index < -0.39 is 0 Å². The molecule has 0 aliphatic carbocycles. The second kappa shape index (κ2) is 9.37. The van der Waals surface area contributed by atoms with Crippen LogP contribution in [0.3, 0.4) is 0 Å². The van der Waals surface area contributed by atoms with Gasteiger partial charge in [-0.25, -0.2) is 0 Å². The van der Waals surface area contributed by atoms with E-state index in [1.807, 2.05) is 18.2 Å². The molecule has 0 fully saturated rings. The van der Waals surface area contributed by atoms with Crippen LogP contribution in [0, 0.1) is 0 Å². The van der Waals surface area contributed by atoms with Gasteiger partial charge in [0.1, 0.15) is 0 Å². The summed E-state index contributed by atoms with van der Waals surface area (Å²) >= 11 is 0. The number of nitrogens with two attached hydrogens (primary N) is 1. The molecule has 6 heteroatoms. The number of hydrogen-bond donors (Lipinski definition) is 2. The first kappa shape index (κ1) is 19.4. The van der Waals surface area contributed by atoms with Crippen molar-refractivity contribution in [2.45, 2.75) is 25.8 Å². The van der Waals surface area contributed by atoms with E-state index in [1.165, 1.54) is 0 Å². The van der Waals surface area contributed by atoms with Crippen molar-refractivity contribution in [3.05, 3.63) is 35.4 Å². The Labute approximate surface area is 132 Å². The van der Waals surface area contributed by atoms with E-state index >= 15 is 0 Å². The van der Waals surface area contributed by atoms with Gasteiger partial charge in [0.15, 0.2) is 0 Å². The predicted octanol–water partition coefficient (Wildman–Crippen LogP) is 1.21. The van der Waals surface area contributed by atoms with Gasteiger partial charge in [0, 0.05) is 38.7 Å². The van der Waals surface area contributed by atoms with Gasteiger partial charge in [0.2, 0.25) is 5.91 Å². The molecule has 1 aromatic rings. The van der Waals surface area contributed by atoms with Crippen molar-refractivity contribution >= 4 is 24.2 Å². The average molecular weight is 314 g/mol. The number of carbonyl (C=O) groups is 2. The van der Waals surface area contributed by atoms with Gasteiger partial charge in [0.05, 0.1) is 0 Å². The van der Waals surface area contributed by atoms with Gasteiger partial charge < -0.3 is 16.0 Å². The molecule has 118 valence electrons. The standard InChI is InChI=1S/C15H23N3O2.ClH/c1-11(16)9-14(19)17-8-7-12-5-4-6-13(10-12)15(20)18(2)3;/h4-6,10-11H,7-9,16H2,1-3H3,(H,17,19);1H. The highest BCUT2D eigenvalue weighted by Crippen LogP contribution is 2.07. The summed E-state index contributed by atoms with van der Waals surface area (Å²) in [5.74, 6) is -0.0617. The number of benzene rings is 1. The van der Waals surface area contributed by atoms with Crippen molar-refractivity contribution in [1.82, 2.24) is 10.2 Å². The smallest absolute Gasteiger partial charge is 0.253 e.